The number of urea groups is 1. The van der Waals surface area contributed by atoms with Crippen molar-refractivity contribution in [2.45, 2.75) is 32.5 Å². The van der Waals surface area contributed by atoms with Crippen molar-refractivity contribution in [3.05, 3.63) is 71.2 Å². The number of halogens is 3. The van der Waals surface area contributed by atoms with Crippen molar-refractivity contribution in [2.24, 2.45) is 0 Å². The van der Waals surface area contributed by atoms with E-state index in [0.717, 1.165) is 17.2 Å². The first kappa shape index (κ1) is 23.9. The van der Waals surface area contributed by atoms with Crippen LogP contribution in [0.5, 0.6) is 0 Å². The normalized spacial score (nSPS) is 13.9. The number of imide groups is 1. The summed E-state index contributed by atoms with van der Waals surface area (Å²) in [5, 5.41) is 9.41. The van der Waals surface area contributed by atoms with Gasteiger partial charge in [0.05, 0.1) is 36.1 Å². The Labute approximate surface area is 197 Å². The molecule has 1 aromatic carbocycles. The molecule has 0 radical (unpaired) electrons. The van der Waals surface area contributed by atoms with Crippen LogP contribution in [0.2, 0.25) is 0 Å². The number of nitrogens with one attached hydrogen (secondary N) is 2. The molecular formula is C23H21F3N6O3. The smallest absolute Gasteiger partial charge is 0.329 e. The number of aromatic nitrogens is 3. The Hall–Kier alpha value is -4.22. The van der Waals surface area contributed by atoms with E-state index in [1.54, 1.807) is 24.3 Å². The molecule has 9 nitrogen and oxygen atoms in total. The molecule has 0 unspecified atom stereocenters. The van der Waals surface area contributed by atoms with Crippen LogP contribution >= 0.6 is 0 Å². The summed E-state index contributed by atoms with van der Waals surface area (Å²) >= 11 is 0. The summed E-state index contributed by atoms with van der Waals surface area (Å²) in [5.74, 6) is -0.862. The molecule has 3 heterocycles. The third-order valence-electron chi connectivity index (χ3n) is 5.35. The average molecular weight is 486 g/mol. The molecule has 35 heavy (non-hydrogen) atoms. The van der Waals surface area contributed by atoms with Gasteiger partial charge in [0.2, 0.25) is 5.91 Å². The first-order valence-electron chi connectivity index (χ1n) is 10.6. The van der Waals surface area contributed by atoms with Crippen LogP contribution in [0.25, 0.3) is 5.82 Å². The summed E-state index contributed by atoms with van der Waals surface area (Å²) in [4.78, 5) is 41.6. The van der Waals surface area contributed by atoms with Crippen molar-refractivity contribution >= 4 is 23.5 Å². The van der Waals surface area contributed by atoms with E-state index in [2.05, 4.69) is 20.7 Å². The van der Waals surface area contributed by atoms with Crippen LogP contribution in [-0.4, -0.2) is 44.1 Å². The number of hydrogen-bond donors (Lipinski definition) is 2. The van der Waals surface area contributed by atoms with Gasteiger partial charge in [0, 0.05) is 11.9 Å². The number of benzene rings is 1. The molecule has 4 amide bonds. The van der Waals surface area contributed by atoms with Gasteiger partial charge in [0.15, 0.2) is 5.82 Å². The van der Waals surface area contributed by atoms with Crippen molar-refractivity contribution in [1.29, 1.82) is 0 Å². The predicted molar refractivity (Wildman–Crippen MR) is 119 cm³/mol. The van der Waals surface area contributed by atoms with E-state index in [9.17, 15) is 27.6 Å². The van der Waals surface area contributed by atoms with Gasteiger partial charge in [-0.1, -0.05) is 26.0 Å². The molecule has 1 fully saturated rings. The Bertz CT molecular complexity index is 1270. The Morgan fingerprint density at radius 2 is 1.94 bits per heavy atom. The minimum atomic E-state index is -4.51. The minimum Gasteiger partial charge on any atom is -0.329 e. The molecule has 0 atom stereocenters. The third-order valence-corrected chi connectivity index (χ3v) is 5.35. The zero-order valence-electron chi connectivity index (χ0n) is 18.8. The fourth-order valence-corrected chi connectivity index (χ4v) is 3.69. The van der Waals surface area contributed by atoms with Gasteiger partial charge in [0.1, 0.15) is 0 Å². The van der Waals surface area contributed by atoms with Crippen LogP contribution in [-0.2, 0) is 17.5 Å². The van der Waals surface area contributed by atoms with E-state index in [0.29, 0.717) is 16.9 Å². The van der Waals surface area contributed by atoms with Gasteiger partial charge in [-0.15, -0.1) is 0 Å². The average Bonchev–Trinajstić information content (AvgIpc) is 3.38. The quantitative estimate of drug-likeness (QED) is 0.517. The second kappa shape index (κ2) is 9.20. The highest BCUT2D eigenvalue weighted by Gasteiger charge is 2.31. The number of nitrogens with zero attached hydrogens (tertiary/aromatic N) is 4. The van der Waals surface area contributed by atoms with Gasteiger partial charge >= 0.3 is 12.2 Å². The van der Waals surface area contributed by atoms with Crippen molar-refractivity contribution in [3.8, 4) is 5.82 Å². The van der Waals surface area contributed by atoms with Crippen LogP contribution in [0.3, 0.4) is 0 Å². The molecule has 3 aromatic rings. The predicted octanol–water partition coefficient (Wildman–Crippen LogP) is 3.71. The highest BCUT2D eigenvalue weighted by Crippen LogP contribution is 2.29. The molecular weight excluding hydrogens is 465 g/mol. The van der Waals surface area contributed by atoms with Crippen molar-refractivity contribution in [3.63, 3.8) is 0 Å². The Balaban J connectivity index is 1.56. The van der Waals surface area contributed by atoms with Crippen LogP contribution in [0.1, 0.15) is 46.9 Å². The summed E-state index contributed by atoms with van der Waals surface area (Å²) in [6.45, 7) is 3.66. The van der Waals surface area contributed by atoms with Gasteiger partial charge in [-0.3, -0.25) is 14.5 Å². The molecule has 0 spiro atoms. The molecule has 1 aliphatic heterocycles. The molecule has 4 rings (SSSR count). The fourth-order valence-electron chi connectivity index (χ4n) is 3.69. The lowest BCUT2D eigenvalue weighted by molar-refractivity contribution is -0.137. The van der Waals surface area contributed by atoms with Crippen LogP contribution in [0.15, 0.2) is 48.8 Å². The molecule has 2 N–H and O–H groups in total. The summed E-state index contributed by atoms with van der Waals surface area (Å²) in [6, 6.07) is 8.34. The van der Waals surface area contributed by atoms with Crippen molar-refractivity contribution in [2.75, 3.05) is 11.9 Å². The number of carbonyl (C=O) groups excluding carboxylic acids is 3. The van der Waals surface area contributed by atoms with E-state index in [1.165, 1.54) is 16.9 Å². The molecule has 1 saturated heterocycles. The van der Waals surface area contributed by atoms with E-state index in [-0.39, 0.29) is 36.3 Å². The van der Waals surface area contributed by atoms with Gasteiger partial charge in [-0.05, 0) is 35.7 Å². The topological polar surface area (TPSA) is 109 Å². The molecule has 0 bridgehead atoms. The first-order valence-corrected chi connectivity index (χ1v) is 10.6. The lowest BCUT2D eigenvalue weighted by Gasteiger charge is -2.14. The van der Waals surface area contributed by atoms with Crippen molar-refractivity contribution in [1.82, 2.24) is 25.0 Å². The van der Waals surface area contributed by atoms with Gasteiger partial charge in [-0.25, -0.2) is 14.5 Å². The Morgan fingerprint density at radius 1 is 1.17 bits per heavy atom. The summed E-state index contributed by atoms with van der Waals surface area (Å²) in [6.07, 6.45) is -2.46. The monoisotopic (exact) mass is 486 g/mol. The number of amides is 4. The summed E-state index contributed by atoms with van der Waals surface area (Å²) in [5.41, 5.74) is 0.911. The molecule has 1 aliphatic rings. The maximum absolute atomic E-state index is 13.1. The second-order valence-electron chi connectivity index (χ2n) is 8.21. The van der Waals surface area contributed by atoms with E-state index < -0.39 is 23.7 Å². The number of anilines is 1. The molecule has 0 aliphatic carbocycles. The van der Waals surface area contributed by atoms with Crippen LogP contribution in [0, 0.1) is 0 Å². The zero-order chi connectivity index (χ0) is 25.3. The largest absolute Gasteiger partial charge is 0.417 e. The zero-order valence-corrected chi connectivity index (χ0v) is 18.8. The Morgan fingerprint density at radius 3 is 2.54 bits per heavy atom. The highest BCUT2D eigenvalue weighted by atomic mass is 19.4. The number of carbonyl (C=O) groups is 3. The minimum absolute atomic E-state index is 0.0506. The van der Waals surface area contributed by atoms with E-state index in [1.807, 2.05) is 13.8 Å². The third kappa shape index (κ3) is 5.00. The summed E-state index contributed by atoms with van der Waals surface area (Å²) < 4.78 is 40.0. The standard InChI is InChI=1S/C23H21F3N6O3/c1-13(2)20-17(10-29-32(20)18-7-6-15(9-27-18)23(24,25)26)21(34)30-16-5-3-4-14(8-16)12-31-19(33)11-28-22(31)35/h3-10,13H,11-12H2,1-2H3,(H,28,35)(H,30,34). The lowest BCUT2D eigenvalue weighted by atomic mass is 10.0. The maximum atomic E-state index is 13.1. The van der Waals surface area contributed by atoms with E-state index >= 15 is 0 Å². The fraction of sp³-hybridized carbons (Fsp3) is 0.261. The SMILES string of the molecule is CC(C)c1c(C(=O)Nc2cccc(CN3C(=O)CNC3=O)c2)cnn1-c1ccc(C(F)(F)F)cn1. The number of pyridine rings is 1. The second-order valence-corrected chi connectivity index (χ2v) is 8.21. The van der Waals surface area contributed by atoms with Gasteiger partial charge in [-0.2, -0.15) is 18.3 Å². The van der Waals surface area contributed by atoms with Crippen molar-refractivity contribution < 1.29 is 27.6 Å². The molecule has 12 heteroatoms. The first-order chi connectivity index (χ1) is 16.5. The van der Waals surface area contributed by atoms with Gasteiger partial charge < -0.3 is 10.6 Å². The lowest BCUT2D eigenvalue weighted by Crippen LogP contribution is -2.30. The number of rotatable bonds is 6. The summed E-state index contributed by atoms with van der Waals surface area (Å²) in [7, 11) is 0. The van der Waals surface area contributed by atoms with Crippen LogP contribution < -0.4 is 10.6 Å². The van der Waals surface area contributed by atoms with E-state index in [4.69, 9.17) is 0 Å². The van der Waals surface area contributed by atoms with Gasteiger partial charge in [0.25, 0.3) is 5.91 Å². The Kier molecular flexibility index (Phi) is 6.29. The maximum Gasteiger partial charge on any atom is 0.417 e. The molecule has 0 saturated carbocycles. The highest BCUT2D eigenvalue weighted by molar-refractivity contribution is 6.05. The number of hydrogen-bond acceptors (Lipinski definition) is 5. The molecule has 2 aromatic heterocycles. The number of alkyl halides is 3. The van der Waals surface area contributed by atoms with Crippen LogP contribution in [0.4, 0.5) is 23.7 Å². The molecule has 182 valence electrons.